The van der Waals surface area contributed by atoms with Crippen molar-refractivity contribution in [3.05, 3.63) is 0 Å². The van der Waals surface area contributed by atoms with Crippen LogP contribution in [0, 0.1) is 0 Å². The van der Waals surface area contributed by atoms with E-state index < -0.39 is 0 Å². The van der Waals surface area contributed by atoms with Gasteiger partial charge in [0.2, 0.25) is 0 Å². The first-order valence-electron chi connectivity index (χ1n) is 0. The van der Waals surface area contributed by atoms with Gasteiger partial charge < -0.3 is 6.15 Å². The van der Waals surface area contributed by atoms with Crippen LogP contribution >= 0.6 is 0 Å². The second-order valence-electron chi connectivity index (χ2n) is 0. The number of rotatable bonds is 0. The molecule has 0 aromatic heterocycles. The van der Waals surface area contributed by atoms with Gasteiger partial charge in [0.15, 0.2) is 0 Å². The van der Waals surface area contributed by atoms with Crippen molar-refractivity contribution >= 4 is 62.7 Å². The van der Waals surface area contributed by atoms with E-state index in [9.17, 15) is 0 Å². The molecule has 0 aliphatic rings. The predicted octanol–water partition coefficient (Wildman–Crippen LogP) is -3.12. The first-order valence-corrected chi connectivity index (χ1v) is 0. The molecule has 1 nitrogen and oxygen atoms in total. The Kier molecular flexibility index (Phi) is 189. The summed E-state index contributed by atoms with van der Waals surface area (Å²) in [7, 11) is 0. The van der Waals surface area contributed by atoms with Gasteiger partial charge in [-0.15, -0.1) is 0 Å². The normalized spacial score (nSPS) is 0. The van der Waals surface area contributed by atoms with Gasteiger partial charge in [-0.1, -0.05) is 0 Å². The number of hydrogen-bond donors (Lipinski definition) is 1. The van der Waals surface area contributed by atoms with E-state index in [1.165, 1.54) is 0 Å². The summed E-state index contributed by atoms with van der Waals surface area (Å²) in [6, 6.07) is 0. The Morgan fingerprint density at radius 1 is 1.00 bits per heavy atom. The zero-order valence-corrected chi connectivity index (χ0v) is 3.31. The van der Waals surface area contributed by atoms with E-state index in [1.807, 2.05) is 0 Å². The van der Waals surface area contributed by atoms with Crippen LogP contribution < -0.4 is 6.15 Å². The van der Waals surface area contributed by atoms with E-state index in [4.69, 9.17) is 0 Å². The van der Waals surface area contributed by atoms with Gasteiger partial charge in [0.05, 0.1) is 0 Å². The summed E-state index contributed by atoms with van der Waals surface area (Å²) < 4.78 is 0. The zero-order valence-electron chi connectivity index (χ0n) is 1.21. The van der Waals surface area contributed by atoms with Crippen LogP contribution in [0.4, 0.5) is 0 Å². The molecule has 0 aliphatic carbocycles. The molecule has 0 spiro atoms. The zero-order chi connectivity index (χ0) is 0. The summed E-state index contributed by atoms with van der Waals surface area (Å²) in [6.07, 6.45) is 0. The molecule has 0 rings (SSSR count). The van der Waals surface area contributed by atoms with Crippen molar-refractivity contribution in [2.24, 2.45) is 0 Å². The first kappa shape index (κ1) is 37.7. The molecule has 0 atom stereocenters. The maximum absolute atomic E-state index is 0. The average Bonchev–Trinajstić information content (AvgIpc) is 0. The average molecular weight is 289 g/mol. The van der Waals surface area contributed by atoms with E-state index in [0.717, 1.165) is 0 Å². The second kappa shape index (κ2) is 20.1. The Morgan fingerprint density at radius 3 is 1.00 bits per heavy atom. The van der Waals surface area contributed by atoms with Crippen molar-refractivity contribution < 1.29 is 0 Å². The van der Waals surface area contributed by atoms with Crippen LogP contribution in [0.2, 0.25) is 0 Å². The first-order chi connectivity index (χ1) is 0. The summed E-state index contributed by atoms with van der Waals surface area (Å²) in [5, 5.41) is 0. The Balaban J connectivity index is 0. The molecule has 0 bridgehead atoms. The summed E-state index contributed by atoms with van der Waals surface area (Å²) in [6.45, 7) is 0. The van der Waals surface area contributed by atoms with Gasteiger partial charge in [0, 0.05) is 0 Å². The van der Waals surface area contributed by atoms with Crippen molar-refractivity contribution in [2.45, 2.75) is 0 Å². The van der Waals surface area contributed by atoms with Crippen molar-refractivity contribution in [3.63, 3.8) is 0 Å². The second-order valence-corrected chi connectivity index (χ2v) is 0. The molecule has 4 heteroatoms. The van der Waals surface area contributed by atoms with E-state index in [1.54, 1.807) is 0 Å². The van der Waals surface area contributed by atoms with E-state index in [2.05, 4.69) is 0 Å². The minimum atomic E-state index is 0. The molecule has 0 saturated carbocycles. The molecule has 0 saturated heterocycles. The van der Waals surface area contributed by atoms with Crippen molar-refractivity contribution in [3.8, 4) is 0 Å². The van der Waals surface area contributed by atoms with Crippen molar-refractivity contribution in [1.82, 2.24) is 6.15 Å². The van der Waals surface area contributed by atoms with Gasteiger partial charge in [-0.25, -0.2) is 0 Å². The molecular weight excluding hydrogens is 278 g/mol. The van der Waals surface area contributed by atoms with E-state index in [-0.39, 0.29) is 68.9 Å². The standard InChI is InChI=1S/Ga.In.H3N.H2Se.6H/h;;1H3;1H2;;;;;;. The van der Waals surface area contributed by atoms with Crippen LogP contribution in [0.15, 0.2) is 0 Å². The van der Waals surface area contributed by atoms with Crippen LogP contribution in [0.1, 0.15) is 0 Å². The number of hydrogen-bond acceptors (Lipinski definition) is 1. The predicted molar refractivity (Wildman–Crippen MR) is 33.4 cm³/mol. The van der Waals surface area contributed by atoms with Gasteiger partial charge in [-0.2, -0.15) is 0 Å². The van der Waals surface area contributed by atoms with Crippen molar-refractivity contribution in [2.75, 3.05) is 0 Å². The fourth-order valence-electron chi connectivity index (χ4n) is 0. The third-order valence-corrected chi connectivity index (χ3v) is 0. The Morgan fingerprint density at radius 2 is 1.00 bits per heavy atom. The molecule has 0 aromatic rings. The molecule has 0 amide bonds. The fraction of sp³-hybridized carbons (Fsp3) is 0. The monoisotopic (exact) mass is 289 g/mol. The van der Waals surface area contributed by atoms with Crippen LogP contribution in [0.3, 0.4) is 0 Å². The fourth-order valence-corrected chi connectivity index (χ4v) is 0. The van der Waals surface area contributed by atoms with Gasteiger partial charge in [0.25, 0.3) is 0 Å². The molecular formula is H11GaInNSe. The topological polar surface area (TPSA) is 35.0 Å². The summed E-state index contributed by atoms with van der Waals surface area (Å²) in [5.74, 6) is 0. The summed E-state index contributed by atoms with van der Waals surface area (Å²) >= 11 is 0. The molecule has 3 N–H and O–H groups in total. The van der Waals surface area contributed by atoms with Gasteiger partial charge >= 0.3 is 62.7 Å². The molecule has 28 valence electrons. The van der Waals surface area contributed by atoms with Gasteiger partial charge in [0.1, 0.15) is 0 Å². The van der Waals surface area contributed by atoms with Crippen LogP contribution in [-0.2, 0) is 0 Å². The molecule has 0 fully saturated rings. The Labute approximate surface area is 68.2 Å². The third kappa shape index (κ3) is 9.01. The Bertz CT molecular complexity index is 8.00. The molecule has 0 unspecified atom stereocenters. The molecule has 0 aromatic carbocycles. The van der Waals surface area contributed by atoms with E-state index in [0.29, 0.717) is 0 Å². The van der Waals surface area contributed by atoms with Gasteiger partial charge in [-0.3, -0.25) is 0 Å². The minimum absolute atomic E-state index is 0. The van der Waals surface area contributed by atoms with Crippen LogP contribution in [0.25, 0.3) is 0 Å². The van der Waals surface area contributed by atoms with Crippen LogP contribution in [-0.4, -0.2) is 62.7 Å². The molecule has 4 heavy (non-hydrogen) atoms. The van der Waals surface area contributed by atoms with Crippen LogP contribution in [0.5, 0.6) is 0 Å². The summed E-state index contributed by atoms with van der Waals surface area (Å²) in [4.78, 5) is 0. The quantitative estimate of drug-likeness (QED) is 0.470. The van der Waals surface area contributed by atoms with Crippen molar-refractivity contribution in [1.29, 1.82) is 0 Å². The molecule has 0 aliphatic heterocycles. The van der Waals surface area contributed by atoms with E-state index >= 15 is 0 Å². The Hall–Kier alpha value is 1.99. The third-order valence-electron chi connectivity index (χ3n) is 0. The molecule has 0 radical (unpaired) electrons. The molecule has 0 heterocycles. The SMILES string of the molecule is N.[GaH3].[InH3].[SeH2]. The summed E-state index contributed by atoms with van der Waals surface area (Å²) in [5.41, 5.74) is 0. The van der Waals surface area contributed by atoms with Gasteiger partial charge in [-0.05, 0) is 0 Å². The maximum atomic E-state index is 0.